The molecule has 0 spiro atoms. The van der Waals surface area contributed by atoms with Crippen molar-refractivity contribution in [1.82, 2.24) is 4.90 Å². The Hall–Kier alpha value is -2.87. The van der Waals surface area contributed by atoms with Crippen LogP contribution >= 0.6 is 11.3 Å². The summed E-state index contributed by atoms with van der Waals surface area (Å²) in [7, 11) is 6.00. The molecule has 0 aliphatic heterocycles. The Morgan fingerprint density at radius 2 is 1.85 bits per heavy atom. The highest BCUT2D eigenvalue weighted by molar-refractivity contribution is 7.18. The summed E-state index contributed by atoms with van der Waals surface area (Å²) in [6.45, 7) is 1.65. The first-order valence-corrected chi connectivity index (χ1v) is 8.50. The Morgan fingerprint density at radius 1 is 1.15 bits per heavy atom. The number of carbonyl (C=O) groups is 3. The first-order valence-electron chi connectivity index (χ1n) is 7.68. The standard InChI is InChI=1S/C18H20N2O5S/c1-10-13(18(23)25-5)16(26-14(10)17(22)20(2)3)19-15(21)11-7-6-8-12(9-11)24-4/h6-9H,1-5H3,(H,19,21). The molecule has 1 heterocycles. The summed E-state index contributed by atoms with van der Waals surface area (Å²) in [4.78, 5) is 38.8. The third-order valence-corrected chi connectivity index (χ3v) is 4.89. The number of anilines is 1. The number of nitrogens with zero attached hydrogens (tertiary/aromatic N) is 1. The number of nitrogens with one attached hydrogen (secondary N) is 1. The zero-order chi connectivity index (χ0) is 19.4. The quantitative estimate of drug-likeness (QED) is 0.811. The summed E-state index contributed by atoms with van der Waals surface area (Å²) in [5.41, 5.74) is 1.02. The summed E-state index contributed by atoms with van der Waals surface area (Å²) < 4.78 is 9.92. The minimum absolute atomic E-state index is 0.180. The molecule has 0 aliphatic carbocycles. The molecule has 7 nitrogen and oxygen atoms in total. The maximum absolute atomic E-state index is 12.6. The van der Waals surface area contributed by atoms with Crippen LogP contribution in [0, 0.1) is 6.92 Å². The summed E-state index contributed by atoms with van der Waals surface area (Å²) in [6.07, 6.45) is 0. The van der Waals surface area contributed by atoms with Gasteiger partial charge in [-0.2, -0.15) is 0 Å². The second kappa shape index (κ2) is 8.01. The van der Waals surface area contributed by atoms with E-state index in [1.807, 2.05) is 0 Å². The molecular weight excluding hydrogens is 356 g/mol. The first-order chi connectivity index (χ1) is 12.3. The van der Waals surface area contributed by atoms with Crippen molar-refractivity contribution in [2.75, 3.05) is 33.6 Å². The lowest BCUT2D eigenvalue weighted by molar-refractivity contribution is 0.0601. The highest BCUT2D eigenvalue weighted by Gasteiger charge is 2.27. The number of carbonyl (C=O) groups excluding carboxylic acids is 3. The highest BCUT2D eigenvalue weighted by Crippen LogP contribution is 2.34. The minimum Gasteiger partial charge on any atom is -0.497 e. The van der Waals surface area contributed by atoms with Crippen LogP contribution in [-0.4, -0.2) is 51.0 Å². The Morgan fingerprint density at radius 3 is 2.42 bits per heavy atom. The number of hydrogen-bond acceptors (Lipinski definition) is 6. The zero-order valence-corrected chi connectivity index (χ0v) is 16.0. The van der Waals surface area contributed by atoms with Gasteiger partial charge in [-0.15, -0.1) is 11.3 Å². The summed E-state index contributed by atoms with van der Waals surface area (Å²) in [5, 5.41) is 2.97. The number of methoxy groups -OCH3 is 2. The monoisotopic (exact) mass is 376 g/mol. The molecule has 0 unspecified atom stereocenters. The van der Waals surface area contributed by atoms with E-state index in [-0.39, 0.29) is 16.5 Å². The van der Waals surface area contributed by atoms with Crippen molar-refractivity contribution in [1.29, 1.82) is 0 Å². The number of thiophene rings is 1. The highest BCUT2D eigenvalue weighted by atomic mass is 32.1. The topological polar surface area (TPSA) is 84.9 Å². The van der Waals surface area contributed by atoms with Crippen LogP contribution in [0.15, 0.2) is 24.3 Å². The van der Waals surface area contributed by atoms with Gasteiger partial charge in [-0.3, -0.25) is 9.59 Å². The molecule has 2 aromatic rings. The molecular formula is C18H20N2O5S. The van der Waals surface area contributed by atoms with E-state index in [1.165, 1.54) is 19.1 Å². The average Bonchev–Trinajstić information content (AvgIpc) is 2.96. The molecule has 1 aromatic heterocycles. The summed E-state index contributed by atoms with van der Waals surface area (Å²) >= 11 is 1.04. The van der Waals surface area contributed by atoms with E-state index in [9.17, 15) is 14.4 Å². The van der Waals surface area contributed by atoms with E-state index in [4.69, 9.17) is 9.47 Å². The molecule has 138 valence electrons. The lowest BCUT2D eigenvalue weighted by Gasteiger charge is -2.08. The molecule has 8 heteroatoms. The molecule has 1 aromatic carbocycles. The number of hydrogen-bond donors (Lipinski definition) is 1. The zero-order valence-electron chi connectivity index (χ0n) is 15.2. The molecule has 26 heavy (non-hydrogen) atoms. The van der Waals surface area contributed by atoms with Gasteiger partial charge in [-0.25, -0.2) is 4.79 Å². The van der Waals surface area contributed by atoms with Gasteiger partial charge in [0.25, 0.3) is 11.8 Å². The van der Waals surface area contributed by atoms with Crippen molar-refractivity contribution in [2.24, 2.45) is 0 Å². The number of ether oxygens (including phenoxy) is 2. The third kappa shape index (κ3) is 3.85. The molecule has 0 aliphatic rings. The van der Waals surface area contributed by atoms with E-state index in [0.29, 0.717) is 21.8 Å². The lowest BCUT2D eigenvalue weighted by Crippen LogP contribution is -2.21. The number of esters is 1. The van der Waals surface area contributed by atoms with Crippen molar-refractivity contribution in [3.63, 3.8) is 0 Å². The van der Waals surface area contributed by atoms with E-state index in [2.05, 4.69) is 5.32 Å². The Bertz CT molecular complexity index is 857. The number of amides is 2. The smallest absolute Gasteiger partial charge is 0.341 e. The van der Waals surface area contributed by atoms with Gasteiger partial charge in [-0.1, -0.05) is 6.07 Å². The fourth-order valence-electron chi connectivity index (χ4n) is 2.30. The fraction of sp³-hybridized carbons (Fsp3) is 0.278. The van der Waals surface area contributed by atoms with Gasteiger partial charge in [0, 0.05) is 19.7 Å². The van der Waals surface area contributed by atoms with Gasteiger partial charge in [0.1, 0.15) is 10.8 Å². The van der Waals surface area contributed by atoms with Gasteiger partial charge in [0.15, 0.2) is 0 Å². The van der Waals surface area contributed by atoms with E-state index in [0.717, 1.165) is 11.3 Å². The molecule has 0 fully saturated rings. The third-order valence-electron chi connectivity index (χ3n) is 3.70. The Labute approximate surface area is 155 Å². The fourth-order valence-corrected chi connectivity index (χ4v) is 3.51. The van der Waals surface area contributed by atoms with Crippen LogP contribution in [0.3, 0.4) is 0 Å². The molecule has 0 saturated carbocycles. The number of rotatable bonds is 5. The van der Waals surface area contributed by atoms with Gasteiger partial charge in [0.05, 0.1) is 24.7 Å². The largest absolute Gasteiger partial charge is 0.497 e. The maximum Gasteiger partial charge on any atom is 0.341 e. The summed E-state index contributed by atoms with van der Waals surface area (Å²) in [6, 6.07) is 6.62. The van der Waals surface area contributed by atoms with Gasteiger partial charge < -0.3 is 19.7 Å². The van der Waals surface area contributed by atoms with E-state index >= 15 is 0 Å². The Kier molecular flexibility index (Phi) is 5.99. The van der Waals surface area contributed by atoms with Crippen LogP contribution in [-0.2, 0) is 4.74 Å². The predicted molar refractivity (Wildman–Crippen MR) is 99.4 cm³/mol. The van der Waals surface area contributed by atoms with E-state index in [1.54, 1.807) is 45.3 Å². The van der Waals surface area contributed by atoms with Gasteiger partial charge >= 0.3 is 5.97 Å². The molecule has 0 bridgehead atoms. The van der Waals surface area contributed by atoms with E-state index < -0.39 is 11.9 Å². The SMILES string of the molecule is COC(=O)c1c(NC(=O)c2cccc(OC)c2)sc(C(=O)N(C)C)c1C. The molecule has 1 N–H and O–H groups in total. The van der Waals surface area contributed by atoms with Crippen molar-refractivity contribution < 1.29 is 23.9 Å². The summed E-state index contributed by atoms with van der Waals surface area (Å²) in [5.74, 6) is -0.743. The van der Waals surface area contributed by atoms with Crippen molar-refractivity contribution in [3.05, 3.63) is 45.8 Å². The molecule has 0 radical (unpaired) electrons. The predicted octanol–water partition coefficient (Wildman–Crippen LogP) is 2.81. The van der Waals surface area contributed by atoms with Crippen LogP contribution in [0.4, 0.5) is 5.00 Å². The molecule has 2 amide bonds. The van der Waals surface area contributed by atoms with Crippen LogP contribution in [0.1, 0.15) is 36.0 Å². The van der Waals surface area contributed by atoms with Gasteiger partial charge in [-0.05, 0) is 30.7 Å². The van der Waals surface area contributed by atoms with Crippen molar-refractivity contribution in [2.45, 2.75) is 6.92 Å². The Balaban J connectivity index is 2.44. The van der Waals surface area contributed by atoms with Crippen molar-refractivity contribution >= 4 is 34.1 Å². The first kappa shape index (κ1) is 19.5. The van der Waals surface area contributed by atoms with Gasteiger partial charge in [0.2, 0.25) is 0 Å². The molecule has 2 rings (SSSR count). The normalized spacial score (nSPS) is 10.2. The molecule has 0 atom stereocenters. The average molecular weight is 376 g/mol. The van der Waals surface area contributed by atoms with Crippen LogP contribution in [0.25, 0.3) is 0 Å². The lowest BCUT2D eigenvalue weighted by atomic mass is 10.1. The second-order valence-corrected chi connectivity index (χ2v) is 6.66. The van der Waals surface area contributed by atoms with Crippen LogP contribution in [0.5, 0.6) is 5.75 Å². The number of benzene rings is 1. The van der Waals surface area contributed by atoms with Crippen LogP contribution < -0.4 is 10.1 Å². The maximum atomic E-state index is 12.6. The molecule has 0 saturated heterocycles. The second-order valence-electron chi connectivity index (χ2n) is 5.64. The van der Waals surface area contributed by atoms with Crippen LogP contribution in [0.2, 0.25) is 0 Å². The minimum atomic E-state index is -0.613. The van der Waals surface area contributed by atoms with Crippen molar-refractivity contribution in [3.8, 4) is 5.75 Å².